The summed E-state index contributed by atoms with van der Waals surface area (Å²) in [6.45, 7) is 6.51. The zero-order chi connectivity index (χ0) is 21.8. The minimum Gasteiger partial charge on any atom is -0.343 e. The fraction of sp³-hybridized carbons (Fsp3) is 0.346. The minimum absolute atomic E-state index is 0.0633. The SMILES string of the molecule is CC[C@@]1(c2cccc(-c3cnn(C)c3)c2)C2=C(CC(C)(C)CC2=O)Nc2ncccc21. The van der Waals surface area contributed by atoms with E-state index in [0.29, 0.717) is 6.42 Å². The van der Waals surface area contributed by atoms with E-state index in [1.165, 1.54) is 0 Å². The van der Waals surface area contributed by atoms with Gasteiger partial charge >= 0.3 is 0 Å². The lowest BCUT2D eigenvalue weighted by Gasteiger charge is -2.46. The van der Waals surface area contributed by atoms with Gasteiger partial charge < -0.3 is 5.32 Å². The first-order chi connectivity index (χ1) is 14.8. The monoisotopic (exact) mass is 412 g/mol. The lowest BCUT2D eigenvalue weighted by molar-refractivity contribution is -0.118. The molecule has 1 aliphatic carbocycles. The van der Waals surface area contributed by atoms with Gasteiger partial charge in [0.2, 0.25) is 0 Å². The number of ketones is 1. The van der Waals surface area contributed by atoms with Gasteiger partial charge in [0.05, 0.1) is 11.6 Å². The third kappa shape index (κ3) is 3.02. The Labute approximate surface area is 183 Å². The van der Waals surface area contributed by atoms with Crippen LogP contribution in [0.3, 0.4) is 0 Å². The van der Waals surface area contributed by atoms with Gasteiger partial charge in [0, 0.05) is 48.3 Å². The standard InChI is InChI=1S/C26H28N4O/c1-5-26(19-9-6-8-17(12-19)18-15-28-30(4)16-18)20-10-7-11-27-24(20)29-21-13-25(2,3)14-22(31)23(21)26/h6-12,15-16H,5,13-14H2,1-4H3,(H,27,29)/t26-/m0/s1. The van der Waals surface area contributed by atoms with Crippen LogP contribution in [0.1, 0.15) is 51.2 Å². The van der Waals surface area contributed by atoms with Crippen molar-refractivity contribution in [3.63, 3.8) is 0 Å². The number of carbonyl (C=O) groups is 1. The van der Waals surface area contributed by atoms with E-state index in [-0.39, 0.29) is 11.2 Å². The second-order valence-corrected chi connectivity index (χ2v) is 9.56. The number of hydrogen-bond acceptors (Lipinski definition) is 4. The zero-order valence-corrected chi connectivity index (χ0v) is 18.6. The highest BCUT2D eigenvalue weighted by Gasteiger charge is 2.49. The largest absolute Gasteiger partial charge is 0.343 e. The Kier molecular flexibility index (Phi) is 4.40. The first kappa shape index (κ1) is 19.7. The molecule has 0 saturated heterocycles. The Hall–Kier alpha value is -3.21. The van der Waals surface area contributed by atoms with Crippen LogP contribution in [-0.2, 0) is 17.3 Å². The number of hydrogen-bond donors (Lipinski definition) is 1. The van der Waals surface area contributed by atoms with Crippen molar-refractivity contribution in [1.29, 1.82) is 0 Å². The van der Waals surface area contributed by atoms with Crippen LogP contribution in [0.5, 0.6) is 0 Å². The number of benzene rings is 1. The molecule has 0 amide bonds. The van der Waals surface area contributed by atoms with Gasteiger partial charge in [0.1, 0.15) is 5.82 Å². The summed E-state index contributed by atoms with van der Waals surface area (Å²) in [6.07, 6.45) is 7.92. The quantitative estimate of drug-likeness (QED) is 0.638. The number of fused-ring (bicyclic) bond motifs is 1. The smallest absolute Gasteiger partial charge is 0.162 e. The van der Waals surface area contributed by atoms with E-state index in [2.05, 4.69) is 66.5 Å². The van der Waals surface area contributed by atoms with Crippen molar-refractivity contribution in [3.8, 4) is 11.1 Å². The van der Waals surface area contributed by atoms with Gasteiger partial charge in [-0.25, -0.2) is 4.98 Å². The molecule has 1 N–H and O–H groups in total. The number of anilines is 1. The molecule has 2 aliphatic rings. The van der Waals surface area contributed by atoms with Crippen molar-refractivity contribution in [2.75, 3.05) is 5.32 Å². The van der Waals surface area contributed by atoms with E-state index in [0.717, 1.165) is 52.2 Å². The van der Waals surface area contributed by atoms with Crippen LogP contribution in [0.25, 0.3) is 11.1 Å². The predicted octanol–water partition coefficient (Wildman–Crippen LogP) is 5.25. The third-order valence-corrected chi connectivity index (χ3v) is 6.76. The molecule has 0 saturated carbocycles. The van der Waals surface area contributed by atoms with Crippen LogP contribution in [-0.4, -0.2) is 20.5 Å². The van der Waals surface area contributed by atoms with Gasteiger partial charge in [-0.05, 0) is 41.5 Å². The first-order valence-electron chi connectivity index (χ1n) is 10.9. The van der Waals surface area contributed by atoms with Crippen molar-refractivity contribution in [2.45, 2.75) is 45.4 Å². The van der Waals surface area contributed by atoms with Gasteiger partial charge in [0.25, 0.3) is 0 Å². The van der Waals surface area contributed by atoms with Crippen molar-refractivity contribution in [3.05, 3.63) is 77.4 Å². The molecule has 158 valence electrons. The molecule has 1 aromatic carbocycles. The highest BCUT2D eigenvalue weighted by Crippen LogP contribution is 2.53. The van der Waals surface area contributed by atoms with E-state index >= 15 is 0 Å². The summed E-state index contributed by atoms with van der Waals surface area (Å²) in [6, 6.07) is 12.7. The number of nitrogens with zero attached hydrogens (tertiary/aromatic N) is 3. The lowest BCUT2D eigenvalue weighted by atomic mass is 9.59. The van der Waals surface area contributed by atoms with Gasteiger partial charge in [-0.15, -0.1) is 0 Å². The molecule has 0 bridgehead atoms. The number of nitrogens with one attached hydrogen (secondary N) is 1. The van der Waals surface area contributed by atoms with Crippen LogP contribution in [0.15, 0.2) is 66.3 Å². The normalized spacial score (nSPS) is 22.0. The highest BCUT2D eigenvalue weighted by atomic mass is 16.1. The molecule has 0 spiro atoms. The fourth-order valence-electron chi connectivity index (χ4n) is 5.46. The Morgan fingerprint density at radius 1 is 1.13 bits per heavy atom. The van der Waals surface area contributed by atoms with Crippen molar-refractivity contribution < 1.29 is 4.79 Å². The topological polar surface area (TPSA) is 59.8 Å². The molecule has 0 radical (unpaired) electrons. The number of allylic oxidation sites excluding steroid dienone is 2. The van der Waals surface area contributed by atoms with E-state index < -0.39 is 5.41 Å². The highest BCUT2D eigenvalue weighted by molar-refractivity contribution is 6.03. The summed E-state index contributed by atoms with van der Waals surface area (Å²) < 4.78 is 1.81. The number of aromatic nitrogens is 3. The van der Waals surface area contributed by atoms with Crippen molar-refractivity contribution in [2.24, 2.45) is 12.5 Å². The van der Waals surface area contributed by atoms with Crippen LogP contribution >= 0.6 is 0 Å². The number of aryl methyl sites for hydroxylation is 1. The van der Waals surface area contributed by atoms with E-state index in [1.54, 1.807) is 0 Å². The number of pyridine rings is 1. The first-order valence-corrected chi connectivity index (χ1v) is 10.9. The third-order valence-electron chi connectivity index (χ3n) is 6.76. The fourth-order valence-corrected chi connectivity index (χ4v) is 5.46. The summed E-state index contributed by atoms with van der Waals surface area (Å²) >= 11 is 0. The molecule has 5 nitrogen and oxygen atoms in total. The molecule has 1 aliphatic heterocycles. The second kappa shape index (κ2) is 6.91. The molecule has 5 rings (SSSR count). The molecule has 1 atom stereocenters. The lowest BCUT2D eigenvalue weighted by Crippen LogP contribution is -2.43. The second-order valence-electron chi connectivity index (χ2n) is 9.56. The molecule has 31 heavy (non-hydrogen) atoms. The van der Waals surface area contributed by atoms with Crippen LogP contribution in [0, 0.1) is 5.41 Å². The van der Waals surface area contributed by atoms with Crippen LogP contribution in [0.4, 0.5) is 5.82 Å². The average molecular weight is 413 g/mol. The molecule has 5 heteroatoms. The molecule has 2 aromatic heterocycles. The predicted molar refractivity (Wildman–Crippen MR) is 123 cm³/mol. The average Bonchev–Trinajstić information content (AvgIpc) is 3.18. The molecular weight excluding hydrogens is 384 g/mol. The van der Waals surface area contributed by atoms with Crippen molar-refractivity contribution in [1.82, 2.24) is 14.8 Å². The Morgan fingerprint density at radius 2 is 1.97 bits per heavy atom. The summed E-state index contributed by atoms with van der Waals surface area (Å²) in [5.74, 6) is 1.10. The summed E-state index contributed by atoms with van der Waals surface area (Å²) in [7, 11) is 1.93. The summed E-state index contributed by atoms with van der Waals surface area (Å²) in [5.41, 5.74) is 5.75. The maximum absolute atomic E-state index is 13.6. The molecule has 3 heterocycles. The van der Waals surface area contributed by atoms with Gasteiger partial charge in [0.15, 0.2) is 5.78 Å². The maximum atomic E-state index is 13.6. The maximum Gasteiger partial charge on any atom is 0.162 e. The van der Waals surface area contributed by atoms with Crippen molar-refractivity contribution >= 4 is 11.6 Å². The van der Waals surface area contributed by atoms with E-state index in [9.17, 15) is 4.79 Å². The Bertz CT molecular complexity index is 1220. The molecular formula is C26H28N4O. The molecule has 3 aromatic rings. The zero-order valence-electron chi connectivity index (χ0n) is 18.6. The molecule has 0 fully saturated rings. The van der Waals surface area contributed by atoms with Gasteiger partial charge in [-0.1, -0.05) is 45.0 Å². The number of rotatable bonds is 3. The Morgan fingerprint density at radius 3 is 2.71 bits per heavy atom. The molecule has 0 unspecified atom stereocenters. The van der Waals surface area contributed by atoms with Gasteiger partial charge in [-0.2, -0.15) is 5.10 Å². The Balaban J connectivity index is 1.78. The van der Waals surface area contributed by atoms with E-state index in [4.69, 9.17) is 0 Å². The summed E-state index contributed by atoms with van der Waals surface area (Å²) in [5, 5.41) is 7.86. The van der Waals surface area contributed by atoms with E-state index in [1.807, 2.05) is 36.4 Å². The number of carbonyl (C=O) groups excluding carboxylic acids is 1. The number of Topliss-reactive ketones (excluding diaryl/α,β-unsaturated/α-hetero) is 1. The van der Waals surface area contributed by atoms with Gasteiger partial charge in [-0.3, -0.25) is 9.48 Å². The van der Waals surface area contributed by atoms with Crippen LogP contribution < -0.4 is 5.32 Å². The summed E-state index contributed by atoms with van der Waals surface area (Å²) in [4.78, 5) is 18.3. The van der Waals surface area contributed by atoms with Crippen LogP contribution in [0.2, 0.25) is 0 Å². The minimum atomic E-state index is -0.518.